The number of halogens is 1. The highest BCUT2D eigenvalue weighted by molar-refractivity contribution is 6.31. The van der Waals surface area contributed by atoms with Crippen LogP contribution in [0.15, 0.2) is 36.5 Å². The molecule has 106 valence electrons. The van der Waals surface area contributed by atoms with Crippen molar-refractivity contribution in [1.82, 2.24) is 4.57 Å². The summed E-state index contributed by atoms with van der Waals surface area (Å²) in [4.78, 5) is 0. The van der Waals surface area contributed by atoms with E-state index in [4.69, 9.17) is 11.6 Å². The molecule has 0 aliphatic heterocycles. The van der Waals surface area contributed by atoms with E-state index in [1.807, 2.05) is 24.3 Å². The third-order valence-corrected chi connectivity index (χ3v) is 4.53. The molecular weight excluding hydrogens is 270 g/mol. The number of rotatable bonds is 2. The van der Waals surface area contributed by atoms with Crippen molar-refractivity contribution in [2.45, 2.75) is 39.3 Å². The molecule has 0 radical (unpaired) electrons. The molecule has 1 aromatic carbocycles. The Balaban J connectivity index is 1.95. The van der Waals surface area contributed by atoms with Gasteiger partial charge in [-0.25, -0.2) is 0 Å². The number of aliphatic hydroxyl groups excluding tert-OH is 1. The largest absolute Gasteiger partial charge is 0.388 e. The predicted molar refractivity (Wildman–Crippen MR) is 82.0 cm³/mol. The fraction of sp³-hybridized carbons (Fsp3) is 0.412. The van der Waals surface area contributed by atoms with E-state index in [2.05, 4.69) is 30.7 Å². The van der Waals surface area contributed by atoms with Crippen LogP contribution in [0, 0.1) is 5.41 Å². The first kappa shape index (κ1) is 13.7. The number of aliphatic hydroxyl groups is 1. The number of aromatic nitrogens is 1. The van der Waals surface area contributed by atoms with Gasteiger partial charge in [0.25, 0.3) is 0 Å². The number of benzene rings is 1. The first-order valence-electron chi connectivity index (χ1n) is 7.06. The Kier molecular flexibility index (Phi) is 3.39. The van der Waals surface area contributed by atoms with Gasteiger partial charge >= 0.3 is 0 Å². The van der Waals surface area contributed by atoms with Crippen molar-refractivity contribution in [3.8, 4) is 0 Å². The summed E-state index contributed by atoms with van der Waals surface area (Å²) in [5.74, 6) is 0. The highest BCUT2D eigenvalue weighted by Crippen LogP contribution is 2.41. The van der Waals surface area contributed by atoms with E-state index in [0.717, 1.165) is 35.5 Å². The molecule has 1 heterocycles. The SMILES string of the molecule is CC1(C)Cc2c(ccn2Cc2ccccc2Cl)C(O)C1. The normalized spacial score (nSPS) is 20.7. The summed E-state index contributed by atoms with van der Waals surface area (Å²) in [6.45, 7) is 5.19. The Morgan fingerprint density at radius 1 is 1.30 bits per heavy atom. The van der Waals surface area contributed by atoms with Gasteiger partial charge in [0, 0.05) is 29.0 Å². The van der Waals surface area contributed by atoms with E-state index >= 15 is 0 Å². The molecule has 20 heavy (non-hydrogen) atoms. The molecule has 1 aromatic heterocycles. The molecule has 3 rings (SSSR count). The van der Waals surface area contributed by atoms with Crippen LogP contribution in [0.3, 0.4) is 0 Å². The van der Waals surface area contributed by atoms with E-state index in [1.54, 1.807) is 0 Å². The minimum atomic E-state index is -0.346. The molecule has 1 atom stereocenters. The van der Waals surface area contributed by atoms with Crippen molar-refractivity contribution < 1.29 is 5.11 Å². The monoisotopic (exact) mass is 289 g/mol. The summed E-state index contributed by atoms with van der Waals surface area (Å²) in [7, 11) is 0. The minimum absolute atomic E-state index is 0.142. The van der Waals surface area contributed by atoms with Crippen LogP contribution in [0.2, 0.25) is 5.02 Å². The molecule has 0 spiro atoms. The summed E-state index contributed by atoms with van der Waals surface area (Å²) in [6.07, 6.45) is 3.55. The Morgan fingerprint density at radius 2 is 2.05 bits per heavy atom. The van der Waals surface area contributed by atoms with Crippen LogP contribution in [0.5, 0.6) is 0 Å². The maximum atomic E-state index is 10.3. The van der Waals surface area contributed by atoms with Crippen LogP contribution >= 0.6 is 11.6 Å². The number of fused-ring (bicyclic) bond motifs is 1. The zero-order valence-electron chi connectivity index (χ0n) is 11.9. The standard InChI is InChI=1S/C17H20ClNO/c1-17(2)9-15-13(16(20)10-17)7-8-19(15)11-12-5-3-4-6-14(12)18/h3-8,16,20H,9-11H2,1-2H3. The van der Waals surface area contributed by atoms with E-state index in [1.165, 1.54) is 5.69 Å². The maximum Gasteiger partial charge on any atom is 0.0812 e. The topological polar surface area (TPSA) is 25.2 Å². The van der Waals surface area contributed by atoms with E-state index < -0.39 is 0 Å². The van der Waals surface area contributed by atoms with Gasteiger partial charge in [0.1, 0.15) is 0 Å². The van der Waals surface area contributed by atoms with Crippen LogP contribution in [-0.2, 0) is 13.0 Å². The molecule has 0 saturated carbocycles. The maximum absolute atomic E-state index is 10.3. The smallest absolute Gasteiger partial charge is 0.0812 e. The van der Waals surface area contributed by atoms with Crippen molar-refractivity contribution in [2.75, 3.05) is 0 Å². The van der Waals surface area contributed by atoms with Gasteiger partial charge in [0.15, 0.2) is 0 Å². The highest BCUT2D eigenvalue weighted by Gasteiger charge is 2.33. The molecule has 2 nitrogen and oxygen atoms in total. The number of hydrogen-bond donors (Lipinski definition) is 1. The molecule has 0 amide bonds. The molecule has 0 fully saturated rings. The lowest BCUT2D eigenvalue weighted by Crippen LogP contribution is -2.26. The lowest BCUT2D eigenvalue weighted by molar-refractivity contribution is 0.0981. The van der Waals surface area contributed by atoms with E-state index in [0.29, 0.717) is 0 Å². The van der Waals surface area contributed by atoms with Gasteiger partial charge in [0.05, 0.1) is 6.10 Å². The molecule has 1 aliphatic carbocycles. The lowest BCUT2D eigenvalue weighted by Gasteiger charge is -2.34. The van der Waals surface area contributed by atoms with Crippen LogP contribution in [0.1, 0.15) is 43.2 Å². The molecule has 0 saturated heterocycles. The summed E-state index contributed by atoms with van der Waals surface area (Å²) in [5, 5.41) is 11.1. The van der Waals surface area contributed by atoms with Crippen LogP contribution in [0.4, 0.5) is 0 Å². The van der Waals surface area contributed by atoms with Gasteiger partial charge in [-0.05, 0) is 36.0 Å². The van der Waals surface area contributed by atoms with Crippen LogP contribution < -0.4 is 0 Å². The van der Waals surface area contributed by atoms with Crippen LogP contribution in [0.25, 0.3) is 0 Å². The zero-order valence-corrected chi connectivity index (χ0v) is 12.7. The average Bonchev–Trinajstić information content (AvgIpc) is 2.74. The molecule has 0 bridgehead atoms. The second-order valence-corrected chi connectivity index (χ2v) is 6.91. The summed E-state index contributed by atoms with van der Waals surface area (Å²) in [5.41, 5.74) is 3.58. The summed E-state index contributed by atoms with van der Waals surface area (Å²) < 4.78 is 2.22. The number of nitrogens with zero attached hydrogens (tertiary/aromatic N) is 1. The van der Waals surface area contributed by atoms with Crippen LogP contribution in [-0.4, -0.2) is 9.67 Å². The summed E-state index contributed by atoms with van der Waals surface area (Å²) >= 11 is 6.25. The highest BCUT2D eigenvalue weighted by atomic mass is 35.5. The second-order valence-electron chi connectivity index (χ2n) is 6.50. The fourth-order valence-electron chi connectivity index (χ4n) is 3.15. The van der Waals surface area contributed by atoms with Gasteiger partial charge in [-0.15, -0.1) is 0 Å². The second kappa shape index (κ2) is 4.94. The van der Waals surface area contributed by atoms with Crippen molar-refractivity contribution in [3.63, 3.8) is 0 Å². The van der Waals surface area contributed by atoms with Crippen molar-refractivity contribution in [3.05, 3.63) is 58.4 Å². The van der Waals surface area contributed by atoms with Crippen molar-refractivity contribution >= 4 is 11.6 Å². The molecule has 2 aromatic rings. The minimum Gasteiger partial charge on any atom is -0.388 e. The fourth-order valence-corrected chi connectivity index (χ4v) is 3.34. The first-order valence-corrected chi connectivity index (χ1v) is 7.43. The third kappa shape index (κ3) is 2.50. The molecule has 1 unspecified atom stereocenters. The van der Waals surface area contributed by atoms with Gasteiger partial charge in [-0.1, -0.05) is 43.6 Å². The average molecular weight is 290 g/mol. The molecule has 3 heteroatoms. The lowest BCUT2D eigenvalue weighted by atomic mass is 9.75. The van der Waals surface area contributed by atoms with Gasteiger partial charge < -0.3 is 9.67 Å². The van der Waals surface area contributed by atoms with E-state index in [9.17, 15) is 5.11 Å². The molecule has 1 aliphatic rings. The Bertz CT molecular complexity index is 630. The van der Waals surface area contributed by atoms with Gasteiger partial charge in [-0.2, -0.15) is 0 Å². The quantitative estimate of drug-likeness (QED) is 0.881. The van der Waals surface area contributed by atoms with Gasteiger partial charge in [-0.3, -0.25) is 0 Å². The van der Waals surface area contributed by atoms with Gasteiger partial charge in [0.2, 0.25) is 0 Å². The Morgan fingerprint density at radius 3 is 2.80 bits per heavy atom. The summed E-state index contributed by atoms with van der Waals surface area (Å²) in [6, 6.07) is 9.98. The Labute approximate surface area is 125 Å². The molecular formula is C17H20ClNO. The predicted octanol–water partition coefficient (Wildman–Crippen LogP) is 4.20. The van der Waals surface area contributed by atoms with Crippen molar-refractivity contribution in [2.24, 2.45) is 5.41 Å². The Hall–Kier alpha value is -1.25. The zero-order chi connectivity index (χ0) is 14.3. The van der Waals surface area contributed by atoms with E-state index in [-0.39, 0.29) is 11.5 Å². The van der Waals surface area contributed by atoms with Crippen molar-refractivity contribution in [1.29, 1.82) is 0 Å². The number of hydrogen-bond acceptors (Lipinski definition) is 1. The molecule has 1 N–H and O–H groups in total. The third-order valence-electron chi connectivity index (χ3n) is 4.16. The first-order chi connectivity index (χ1) is 9.46.